The number of carbonyl (C=O) groups excluding carboxylic acids is 1. The van der Waals surface area contributed by atoms with Crippen LogP contribution in [-0.4, -0.2) is 22.8 Å². The maximum Gasteiger partial charge on any atom is 0.210 e. The molecule has 0 spiro atoms. The molecule has 1 fully saturated rings. The van der Waals surface area contributed by atoms with Gasteiger partial charge < -0.3 is 9.88 Å². The monoisotopic (exact) mass is 222 g/mol. The minimum atomic E-state index is 0.225. The highest BCUT2D eigenvalue weighted by Gasteiger charge is 2.22. The summed E-state index contributed by atoms with van der Waals surface area (Å²) in [5.74, 6) is 0. The second-order valence-corrected chi connectivity index (χ2v) is 4.28. The number of amides is 1. The van der Waals surface area contributed by atoms with Crippen LogP contribution >= 0.6 is 12.2 Å². The lowest BCUT2D eigenvalue weighted by Gasteiger charge is -2.32. The van der Waals surface area contributed by atoms with Crippen molar-refractivity contribution < 1.29 is 4.79 Å². The predicted octanol–water partition coefficient (Wildman–Crippen LogP) is 2.43. The van der Waals surface area contributed by atoms with Crippen molar-refractivity contribution in [3.05, 3.63) is 28.5 Å². The van der Waals surface area contributed by atoms with Crippen molar-refractivity contribution in [1.82, 2.24) is 9.88 Å². The van der Waals surface area contributed by atoms with E-state index < -0.39 is 0 Å². The molecule has 1 aromatic rings. The summed E-state index contributed by atoms with van der Waals surface area (Å²) < 4.78 is 0.729. The van der Waals surface area contributed by atoms with E-state index in [2.05, 4.69) is 4.98 Å². The summed E-state index contributed by atoms with van der Waals surface area (Å²) >= 11 is 4.99. The maximum absolute atomic E-state index is 10.9. The van der Waals surface area contributed by atoms with Gasteiger partial charge in [0.15, 0.2) is 0 Å². The van der Waals surface area contributed by atoms with Gasteiger partial charge in [0.25, 0.3) is 0 Å². The molecule has 1 amide bonds. The molecule has 4 heteroatoms. The Hall–Kier alpha value is -1.16. The molecule has 2 rings (SSSR count). The molecule has 80 valence electrons. The molecule has 0 bridgehead atoms. The fraction of sp³-hybridized carbons (Fsp3) is 0.455. The number of H-pyrrole nitrogens is 1. The first-order chi connectivity index (χ1) is 7.31. The molecule has 3 nitrogen and oxygen atoms in total. The Kier molecular flexibility index (Phi) is 3.16. The molecule has 0 unspecified atom stereocenters. The lowest BCUT2D eigenvalue weighted by atomic mass is 9.97. The van der Waals surface area contributed by atoms with Crippen LogP contribution in [0.3, 0.4) is 0 Å². The van der Waals surface area contributed by atoms with E-state index in [0.717, 1.165) is 36.0 Å². The van der Waals surface area contributed by atoms with E-state index in [4.69, 9.17) is 12.2 Å². The van der Waals surface area contributed by atoms with Crippen LogP contribution in [0.15, 0.2) is 18.3 Å². The van der Waals surface area contributed by atoms with Gasteiger partial charge in [0.1, 0.15) is 4.64 Å². The summed E-state index contributed by atoms with van der Waals surface area (Å²) in [6, 6.07) is 4.11. The molecule has 1 saturated heterocycles. The average Bonchev–Trinajstić information content (AvgIpc) is 2.30. The van der Waals surface area contributed by atoms with Crippen LogP contribution in [0.25, 0.3) is 0 Å². The Bertz CT molecular complexity index is 381. The number of aromatic nitrogens is 1. The number of piperidine rings is 1. The fourth-order valence-corrected chi connectivity index (χ4v) is 2.19. The van der Waals surface area contributed by atoms with Gasteiger partial charge in [-0.15, -0.1) is 0 Å². The third-order valence-corrected chi connectivity index (χ3v) is 3.13. The number of aromatic amines is 1. The maximum atomic E-state index is 10.9. The lowest BCUT2D eigenvalue weighted by Crippen LogP contribution is -2.32. The highest BCUT2D eigenvalue weighted by atomic mass is 32.1. The topological polar surface area (TPSA) is 36.1 Å². The van der Waals surface area contributed by atoms with Gasteiger partial charge in [-0.3, -0.25) is 4.79 Å². The van der Waals surface area contributed by atoms with Crippen LogP contribution < -0.4 is 0 Å². The summed E-state index contributed by atoms with van der Waals surface area (Å²) in [6.07, 6.45) is 6.20. The Balaban J connectivity index is 2.23. The zero-order valence-electron chi connectivity index (χ0n) is 8.48. The van der Waals surface area contributed by atoms with Gasteiger partial charge in [-0.2, -0.15) is 0 Å². The van der Waals surface area contributed by atoms with E-state index in [-0.39, 0.29) is 6.04 Å². The number of likely N-dealkylation sites (tertiary alicyclic amines) is 1. The van der Waals surface area contributed by atoms with Gasteiger partial charge in [-0.05, 0) is 30.9 Å². The SMILES string of the molecule is O=CN1CCCC[C@H]1c1ccc(=S)[nH]c1. The van der Waals surface area contributed by atoms with Crippen molar-refractivity contribution in [3.63, 3.8) is 0 Å². The number of nitrogens with one attached hydrogen (secondary N) is 1. The molecule has 15 heavy (non-hydrogen) atoms. The Morgan fingerprint density at radius 2 is 2.33 bits per heavy atom. The first kappa shape index (κ1) is 10.4. The van der Waals surface area contributed by atoms with Gasteiger partial charge in [0.2, 0.25) is 6.41 Å². The van der Waals surface area contributed by atoms with Gasteiger partial charge in [0, 0.05) is 12.7 Å². The lowest BCUT2D eigenvalue weighted by molar-refractivity contribution is -0.121. The van der Waals surface area contributed by atoms with Crippen molar-refractivity contribution in [2.75, 3.05) is 6.54 Å². The van der Waals surface area contributed by atoms with Crippen molar-refractivity contribution >= 4 is 18.6 Å². The van der Waals surface area contributed by atoms with Crippen LogP contribution in [0.1, 0.15) is 30.9 Å². The summed E-state index contributed by atoms with van der Waals surface area (Å²) in [6.45, 7) is 0.865. The van der Waals surface area contributed by atoms with Crippen molar-refractivity contribution in [2.45, 2.75) is 25.3 Å². The molecule has 1 aliphatic rings. The molecule has 2 heterocycles. The van der Waals surface area contributed by atoms with Gasteiger partial charge >= 0.3 is 0 Å². The number of nitrogens with zero attached hydrogens (tertiary/aromatic N) is 1. The highest BCUT2D eigenvalue weighted by Crippen LogP contribution is 2.28. The molecule has 1 N–H and O–H groups in total. The largest absolute Gasteiger partial charge is 0.353 e. The first-order valence-corrected chi connectivity index (χ1v) is 5.62. The number of carbonyl (C=O) groups is 1. The summed E-state index contributed by atoms with van der Waals surface area (Å²) in [5, 5.41) is 0. The minimum absolute atomic E-state index is 0.225. The van der Waals surface area contributed by atoms with Crippen LogP contribution in [-0.2, 0) is 4.79 Å². The molecule has 0 aromatic carbocycles. The molecule has 0 radical (unpaired) electrons. The van der Waals surface area contributed by atoms with E-state index >= 15 is 0 Å². The third kappa shape index (κ3) is 2.26. The second kappa shape index (κ2) is 4.57. The Labute approximate surface area is 94.1 Å². The standard InChI is InChI=1S/C11H14N2OS/c14-8-13-6-2-1-3-10(13)9-4-5-11(15)12-7-9/h4-5,7-8,10H,1-3,6H2,(H,12,15)/t10-/m0/s1. The Morgan fingerprint density at radius 1 is 1.47 bits per heavy atom. The zero-order chi connectivity index (χ0) is 10.7. The molecular weight excluding hydrogens is 208 g/mol. The normalized spacial score (nSPS) is 21.3. The van der Waals surface area contributed by atoms with Crippen LogP contribution in [0.4, 0.5) is 0 Å². The first-order valence-electron chi connectivity index (χ1n) is 5.21. The fourth-order valence-electron chi connectivity index (χ4n) is 2.07. The van der Waals surface area contributed by atoms with Gasteiger partial charge in [0.05, 0.1) is 6.04 Å². The van der Waals surface area contributed by atoms with Crippen molar-refractivity contribution in [2.24, 2.45) is 0 Å². The smallest absolute Gasteiger partial charge is 0.210 e. The minimum Gasteiger partial charge on any atom is -0.353 e. The van der Waals surface area contributed by atoms with Crippen molar-refractivity contribution in [1.29, 1.82) is 0 Å². The molecule has 0 saturated carbocycles. The molecular formula is C11H14N2OS. The van der Waals surface area contributed by atoms with Crippen molar-refractivity contribution in [3.8, 4) is 0 Å². The number of pyridine rings is 1. The highest BCUT2D eigenvalue weighted by molar-refractivity contribution is 7.71. The van der Waals surface area contributed by atoms with E-state index in [1.54, 1.807) is 0 Å². The quantitative estimate of drug-likeness (QED) is 0.616. The van der Waals surface area contributed by atoms with Gasteiger partial charge in [-0.25, -0.2) is 0 Å². The van der Waals surface area contributed by atoms with E-state index in [9.17, 15) is 4.79 Å². The number of hydrogen-bond acceptors (Lipinski definition) is 2. The summed E-state index contributed by atoms with van der Waals surface area (Å²) in [5.41, 5.74) is 1.15. The van der Waals surface area contributed by atoms with Crippen LogP contribution in [0, 0.1) is 4.64 Å². The number of hydrogen-bond donors (Lipinski definition) is 1. The molecule has 1 atom stereocenters. The van der Waals surface area contributed by atoms with Gasteiger partial charge in [-0.1, -0.05) is 18.3 Å². The van der Waals surface area contributed by atoms with E-state index in [1.165, 1.54) is 6.42 Å². The number of rotatable bonds is 2. The summed E-state index contributed by atoms with van der Waals surface area (Å²) in [4.78, 5) is 15.8. The second-order valence-electron chi connectivity index (χ2n) is 3.84. The Morgan fingerprint density at radius 3 is 3.00 bits per heavy atom. The van der Waals surface area contributed by atoms with Crippen LogP contribution in [0.5, 0.6) is 0 Å². The van der Waals surface area contributed by atoms with E-state index in [0.29, 0.717) is 0 Å². The zero-order valence-corrected chi connectivity index (χ0v) is 9.30. The third-order valence-electron chi connectivity index (χ3n) is 2.87. The molecule has 1 aromatic heterocycles. The predicted molar refractivity (Wildman–Crippen MR) is 61.0 cm³/mol. The van der Waals surface area contributed by atoms with Crippen LogP contribution in [0.2, 0.25) is 0 Å². The summed E-state index contributed by atoms with van der Waals surface area (Å²) in [7, 11) is 0. The molecule has 1 aliphatic heterocycles. The average molecular weight is 222 g/mol. The molecule has 0 aliphatic carbocycles. The van der Waals surface area contributed by atoms with E-state index in [1.807, 2.05) is 23.2 Å².